The van der Waals surface area contributed by atoms with E-state index in [1.54, 1.807) is 0 Å². The Morgan fingerprint density at radius 1 is 1.62 bits per heavy atom. The molecule has 3 heteroatoms. The first-order valence-corrected chi connectivity index (χ1v) is 5.69. The highest BCUT2D eigenvalue weighted by Crippen LogP contribution is 2.38. The summed E-state index contributed by atoms with van der Waals surface area (Å²) in [6.07, 6.45) is 3.24. The minimum Gasteiger partial charge on any atom is -0.386 e. The van der Waals surface area contributed by atoms with Crippen molar-refractivity contribution in [1.82, 2.24) is 4.37 Å². The van der Waals surface area contributed by atoms with E-state index in [-0.39, 0.29) is 6.10 Å². The molecule has 1 heterocycles. The van der Waals surface area contributed by atoms with Crippen molar-refractivity contribution in [2.24, 2.45) is 11.8 Å². The monoisotopic (exact) mass is 197 g/mol. The maximum absolute atomic E-state index is 9.97. The van der Waals surface area contributed by atoms with Crippen molar-refractivity contribution >= 4 is 11.5 Å². The Morgan fingerprint density at radius 2 is 2.46 bits per heavy atom. The summed E-state index contributed by atoms with van der Waals surface area (Å²) in [5.74, 6) is 1.22. The highest BCUT2D eigenvalue weighted by atomic mass is 32.1. The predicted molar refractivity (Wildman–Crippen MR) is 53.6 cm³/mol. The van der Waals surface area contributed by atoms with E-state index in [0.717, 1.165) is 24.5 Å². The Bertz CT molecular complexity index is 260. The van der Waals surface area contributed by atoms with Gasteiger partial charge >= 0.3 is 0 Å². The fourth-order valence-electron chi connectivity index (χ4n) is 2.15. The van der Waals surface area contributed by atoms with Gasteiger partial charge in [-0.15, -0.1) is 0 Å². The van der Waals surface area contributed by atoms with Crippen molar-refractivity contribution in [3.8, 4) is 0 Å². The van der Waals surface area contributed by atoms with Crippen LogP contribution in [0.3, 0.4) is 0 Å². The molecule has 1 aliphatic rings. The lowest BCUT2D eigenvalue weighted by atomic mass is 9.97. The molecule has 1 aromatic rings. The summed E-state index contributed by atoms with van der Waals surface area (Å²) in [7, 11) is 0. The van der Waals surface area contributed by atoms with Crippen molar-refractivity contribution in [2.45, 2.75) is 32.3 Å². The van der Waals surface area contributed by atoms with Crippen LogP contribution in [0.25, 0.3) is 0 Å². The molecule has 0 spiro atoms. The van der Waals surface area contributed by atoms with Crippen molar-refractivity contribution < 1.29 is 5.11 Å². The molecule has 1 aromatic heterocycles. The van der Waals surface area contributed by atoms with E-state index in [1.165, 1.54) is 18.0 Å². The molecule has 0 radical (unpaired) electrons. The molecule has 0 aliphatic heterocycles. The number of hydrogen-bond acceptors (Lipinski definition) is 3. The molecule has 1 N–H and O–H groups in total. The van der Waals surface area contributed by atoms with Gasteiger partial charge in [-0.1, -0.05) is 13.3 Å². The van der Waals surface area contributed by atoms with Gasteiger partial charge in [0.2, 0.25) is 0 Å². The summed E-state index contributed by atoms with van der Waals surface area (Å²) in [6.45, 7) is 2.26. The van der Waals surface area contributed by atoms with Gasteiger partial charge in [0.25, 0.3) is 0 Å². The van der Waals surface area contributed by atoms with Crippen LogP contribution in [0.4, 0.5) is 0 Å². The molecule has 1 saturated carbocycles. The maximum Gasteiger partial charge on any atom is 0.0998 e. The second kappa shape index (κ2) is 3.76. The first-order chi connectivity index (χ1) is 6.27. The van der Waals surface area contributed by atoms with E-state index in [0.29, 0.717) is 5.92 Å². The molecule has 72 valence electrons. The van der Waals surface area contributed by atoms with Gasteiger partial charge < -0.3 is 5.11 Å². The molecule has 13 heavy (non-hydrogen) atoms. The van der Waals surface area contributed by atoms with Crippen LogP contribution in [0, 0.1) is 11.8 Å². The summed E-state index contributed by atoms with van der Waals surface area (Å²) in [6, 6.07) is 1.93. The van der Waals surface area contributed by atoms with Gasteiger partial charge in [-0.2, -0.15) is 4.37 Å². The zero-order valence-corrected chi connectivity index (χ0v) is 8.63. The highest BCUT2D eigenvalue weighted by Gasteiger charge is 2.29. The fourth-order valence-corrected chi connectivity index (χ4v) is 2.71. The SMILES string of the molecule is CC1CCC(C(O)c2ccsn2)C1. The fraction of sp³-hybridized carbons (Fsp3) is 0.700. The molecule has 3 atom stereocenters. The number of aliphatic hydroxyl groups excluding tert-OH is 1. The topological polar surface area (TPSA) is 33.1 Å². The smallest absolute Gasteiger partial charge is 0.0998 e. The van der Waals surface area contributed by atoms with E-state index >= 15 is 0 Å². The van der Waals surface area contributed by atoms with E-state index in [9.17, 15) is 5.11 Å². The average Bonchev–Trinajstić information content (AvgIpc) is 2.72. The average molecular weight is 197 g/mol. The summed E-state index contributed by atoms with van der Waals surface area (Å²) < 4.78 is 4.18. The predicted octanol–water partition coefficient (Wildman–Crippen LogP) is 2.61. The molecule has 0 aromatic carbocycles. The van der Waals surface area contributed by atoms with Crippen molar-refractivity contribution in [2.75, 3.05) is 0 Å². The zero-order valence-electron chi connectivity index (χ0n) is 7.81. The molecule has 0 amide bonds. The Kier molecular flexibility index (Phi) is 2.65. The number of hydrogen-bond donors (Lipinski definition) is 1. The van der Waals surface area contributed by atoms with Gasteiger partial charge in [0, 0.05) is 5.38 Å². The highest BCUT2D eigenvalue weighted by molar-refractivity contribution is 7.03. The third-order valence-corrected chi connectivity index (χ3v) is 3.52. The van der Waals surface area contributed by atoms with Crippen LogP contribution >= 0.6 is 11.5 Å². The van der Waals surface area contributed by atoms with E-state index < -0.39 is 0 Å². The molecule has 1 fully saturated rings. The number of nitrogens with zero attached hydrogens (tertiary/aromatic N) is 1. The summed E-state index contributed by atoms with van der Waals surface area (Å²) in [4.78, 5) is 0. The lowest BCUT2D eigenvalue weighted by molar-refractivity contribution is 0.106. The lowest BCUT2D eigenvalue weighted by Crippen LogP contribution is -2.09. The van der Waals surface area contributed by atoms with Crippen LogP contribution in [0.2, 0.25) is 0 Å². The summed E-state index contributed by atoms with van der Waals surface area (Å²) in [5.41, 5.74) is 0.865. The normalized spacial score (nSPS) is 30.6. The Hall–Kier alpha value is -0.410. The van der Waals surface area contributed by atoms with Gasteiger partial charge in [0.15, 0.2) is 0 Å². The number of aliphatic hydroxyl groups is 1. The van der Waals surface area contributed by atoms with Crippen LogP contribution < -0.4 is 0 Å². The molecule has 0 bridgehead atoms. The van der Waals surface area contributed by atoms with Crippen LogP contribution in [0.5, 0.6) is 0 Å². The molecule has 2 nitrogen and oxygen atoms in total. The molecule has 3 unspecified atom stereocenters. The van der Waals surface area contributed by atoms with Gasteiger partial charge in [0.05, 0.1) is 11.8 Å². The van der Waals surface area contributed by atoms with E-state index in [2.05, 4.69) is 11.3 Å². The van der Waals surface area contributed by atoms with Crippen LogP contribution in [0.1, 0.15) is 38.0 Å². The van der Waals surface area contributed by atoms with Crippen LogP contribution in [0.15, 0.2) is 11.4 Å². The number of aromatic nitrogens is 1. The van der Waals surface area contributed by atoms with E-state index in [4.69, 9.17) is 0 Å². The lowest BCUT2D eigenvalue weighted by Gasteiger charge is -2.15. The molecular formula is C10H15NOS. The van der Waals surface area contributed by atoms with Gasteiger partial charge in [-0.25, -0.2) is 0 Å². The Labute approximate surface area is 82.8 Å². The molecule has 0 saturated heterocycles. The van der Waals surface area contributed by atoms with Gasteiger partial charge in [-0.05, 0) is 42.3 Å². The summed E-state index contributed by atoms with van der Waals surface area (Å²) in [5, 5.41) is 11.9. The molecule has 2 rings (SSSR count). The second-order valence-electron chi connectivity index (χ2n) is 4.05. The van der Waals surface area contributed by atoms with Crippen molar-refractivity contribution in [1.29, 1.82) is 0 Å². The third-order valence-electron chi connectivity index (χ3n) is 2.94. The third kappa shape index (κ3) is 1.92. The van der Waals surface area contributed by atoms with Crippen LogP contribution in [-0.4, -0.2) is 9.48 Å². The minimum atomic E-state index is -0.323. The van der Waals surface area contributed by atoms with Crippen molar-refractivity contribution in [3.63, 3.8) is 0 Å². The Balaban J connectivity index is 2.02. The molecular weight excluding hydrogens is 182 g/mol. The van der Waals surface area contributed by atoms with Gasteiger partial charge in [0.1, 0.15) is 0 Å². The van der Waals surface area contributed by atoms with Gasteiger partial charge in [-0.3, -0.25) is 0 Å². The standard InChI is InChI=1S/C10H15NOS/c1-7-2-3-8(6-7)10(12)9-4-5-13-11-9/h4-5,7-8,10,12H,2-3,6H2,1H3. The first-order valence-electron chi connectivity index (χ1n) is 4.85. The maximum atomic E-state index is 9.97. The molecule has 1 aliphatic carbocycles. The van der Waals surface area contributed by atoms with E-state index in [1.807, 2.05) is 11.4 Å². The largest absolute Gasteiger partial charge is 0.386 e. The second-order valence-corrected chi connectivity index (χ2v) is 4.71. The summed E-state index contributed by atoms with van der Waals surface area (Å²) >= 11 is 1.42. The number of rotatable bonds is 2. The minimum absolute atomic E-state index is 0.323. The van der Waals surface area contributed by atoms with Crippen LogP contribution in [-0.2, 0) is 0 Å². The zero-order chi connectivity index (χ0) is 9.26. The quantitative estimate of drug-likeness (QED) is 0.790. The first kappa shape index (κ1) is 9.16. The van der Waals surface area contributed by atoms with Crippen molar-refractivity contribution in [3.05, 3.63) is 17.1 Å². The Morgan fingerprint density at radius 3 is 3.00 bits per heavy atom.